The average Bonchev–Trinajstić information content (AvgIpc) is 2.71. The molecule has 27 heavy (non-hydrogen) atoms. The van der Waals surface area contributed by atoms with Crippen molar-refractivity contribution < 1.29 is 19.2 Å². The molecule has 0 spiro atoms. The van der Waals surface area contributed by atoms with Crippen LogP contribution in [0, 0.1) is 0 Å². The molecule has 2 N–H and O–H groups in total. The second-order valence-electron chi connectivity index (χ2n) is 6.85. The lowest BCUT2D eigenvalue weighted by Crippen LogP contribution is -3.09. The van der Waals surface area contributed by atoms with Crippen molar-refractivity contribution in [3.05, 3.63) is 59.7 Å². The molecule has 2 aromatic rings. The van der Waals surface area contributed by atoms with Gasteiger partial charge in [0, 0.05) is 6.42 Å². The van der Waals surface area contributed by atoms with Gasteiger partial charge in [-0.05, 0) is 30.2 Å². The summed E-state index contributed by atoms with van der Waals surface area (Å²) in [5, 5.41) is 3.07. The first-order chi connectivity index (χ1) is 13.0. The summed E-state index contributed by atoms with van der Waals surface area (Å²) >= 11 is 0. The molecule has 0 aromatic heterocycles. The smallest absolute Gasteiger partial charge is 0.226 e. The van der Waals surface area contributed by atoms with Gasteiger partial charge < -0.3 is 19.7 Å². The van der Waals surface area contributed by atoms with Crippen molar-refractivity contribution in [3.8, 4) is 11.5 Å². The van der Waals surface area contributed by atoms with Crippen LogP contribution in [-0.4, -0.2) is 40.3 Å². The number of nitrogens with one attached hydrogen (secondary N) is 2. The maximum atomic E-state index is 12.2. The van der Waals surface area contributed by atoms with E-state index in [2.05, 4.69) is 18.4 Å². The van der Waals surface area contributed by atoms with Crippen LogP contribution in [0.1, 0.15) is 30.5 Å². The predicted octanol–water partition coefficient (Wildman–Crippen LogP) is 2.03. The third-order valence-electron chi connectivity index (χ3n) is 4.74. The van der Waals surface area contributed by atoms with Crippen LogP contribution in [0.15, 0.2) is 48.5 Å². The molecule has 2 atom stereocenters. The number of methoxy groups -OCH3 is 2. The van der Waals surface area contributed by atoms with E-state index < -0.39 is 0 Å². The van der Waals surface area contributed by atoms with Crippen LogP contribution < -0.4 is 19.7 Å². The number of hydrogen-bond acceptors (Lipinski definition) is 3. The van der Waals surface area contributed by atoms with E-state index >= 15 is 0 Å². The summed E-state index contributed by atoms with van der Waals surface area (Å²) in [7, 11) is 5.40. The monoisotopic (exact) mass is 371 g/mol. The number of rotatable bonds is 10. The Hall–Kier alpha value is -2.53. The third kappa shape index (κ3) is 6.61. The van der Waals surface area contributed by atoms with Gasteiger partial charge in [-0.2, -0.15) is 0 Å². The maximum absolute atomic E-state index is 12.2. The lowest BCUT2D eigenvalue weighted by Gasteiger charge is -2.17. The average molecular weight is 372 g/mol. The molecular weight excluding hydrogens is 340 g/mol. The fourth-order valence-corrected chi connectivity index (χ4v) is 2.98. The minimum Gasteiger partial charge on any atom is -0.493 e. The van der Waals surface area contributed by atoms with Crippen LogP contribution >= 0.6 is 0 Å². The number of hydrogen-bond donors (Lipinski definition) is 2. The summed E-state index contributed by atoms with van der Waals surface area (Å²) in [4.78, 5) is 13.5. The van der Waals surface area contributed by atoms with Crippen LogP contribution in [0.4, 0.5) is 0 Å². The number of carbonyl (C=O) groups is 1. The van der Waals surface area contributed by atoms with Gasteiger partial charge >= 0.3 is 0 Å². The summed E-state index contributed by atoms with van der Waals surface area (Å²) < 4.78 is 10.6. The summed E-state index contributed by atoms with van der Waals surface area (Å²) in [6.45, 7) is 3.78. The van der Waals surface area contributed by atoms with E-state index in [1.807, 2.05) is 49.4 Å². The largest absolute Gasteiger partial charge is 0.493 e. The van der Waals surface area contributed by atoms with E-state index in [1.54, 1.807) is 14.2 Å². The van der Waals surface area contributed by atoms with Gasteiger partial charge in [0.2, 0.25) is 5.91 Å². The minimum atomic E-state index is 0.0331. The first-order valence-corrected chi connectivity index (χ1v) is 9.40. The van der Waals surface area contributed by atoms with Gasteiger partial charge in [0.05, 0.1) is 46.8 Å². The number of carbonyl (C=O) groups excluding carboxylic acids is 1. The third-order valence-corrected chi connectivity index (χ3v) is 4.74. The zero-order valence-electron chi connectivity index (χ0n) is 16.7. The zero-order chi connectivity index (χ0) is 19.6. The van der Waals surface area contributed by atoms with Crippen LogP contribution in [-0.2, 0) is 11.2 Å². The van der Waals surface area contributed by atoms with Gasteiger partial charge in [-0.25, -0.2) is 0 Å². The minimum absolute atomic E-state index is 0.0331. The molecule has 0 heterocycles. The highest BCUT2D eigenvalue weighted by Gasteiger charge is 2.12. The second-order valence-corrected chi connectivity index (χ2v) is 6.85. The summed E-state index contributed by atoms with van der Waals surface area (Å²) in [5.41, 5.74) is 2.33. The van der Waals surface area contributed by atoms with Crippen molar-refractivity contribution in [1.29, 1.82) is 0 Å². The first-order valence-electron chi connectivity index (χ1n) is 9.40. The molecule has 0 fully saturated rings. The first kappa shape index (κ1) is 20.8. The van der Waals surface area contributed by atoms with E-state index in [0.717, 1.165) is 36.6 Å². The molecule has 0 aliphatic rings. The van der Waals surface area contributed by atoms with E-state index in [-0.39, 0.29) is 11.9 Å². The molecule has 0 saturated carbocycles. The Balaban J connectivity index is 1.74. The van der Waals surface area contributed by atoms with Gasteiger partial charge in [-0.15, -0.1) is 0 Å². The molecule has 2 aromatic carbocycles. The topological polar surface area (TPSA) is 52.0 Å². The second kappa shape index (κ2) is 10.6. The molecular formula is C22H31N2O3+. The highest BCUT2D eigenvalue weighted by atomic mass is 16.5. The van der Waals surface area contributed by atoms with Crippen molar-refractivity contribution in [2.75, 3.05) is 34.4 Å². The highest BCUT2D eigenvalue weighted by molar-refractivity contribution is 5.76. The lowest BCUT2D eigenvalue weighted by atomic mass is 10.1. The van der Waals surface area contributed by atoms with E-state index in [9.17, 15) is 4.79 Å². The van der Waals surface area contributed by atoms with E-state index in [4.69, 9.17) is 9.47 Å². The summed E-state index contributed by atoms with van der Waals surface area (Å²) in [6, 6.07) is 16.1. The Morgan fingerprint density at radius 1 is 1.04 bits per heavy atom. The van der Waals surface area contributed by atoms with Crippen LogP contribution in [0.25, 0.3) is 0 Å². The number of benzene rings is 2. The maximum Gasteiger partial charge on any atom is 0.226 e. The van der Waals surface area contributed by atoms with Gasteiger partial charge in [-0.1, -0.05) is 36.4 Å². The molecule has 1 unspecified atom stereocenters. The van der Waals surface area contributed by atoms with Crippen molar-refractivity contribution in [2.45, 2.75) is 25.8 Å². The van der Waals surface area contributed by atoms with Crippen LogP contribution in [0.3, 0.4) is 0 Å². The Labute approximate surface area is 162 Å². The molecule has 5 nitrogen and oxygen atoms in total. The highest BCUT2D eigenvalue weighted by Crippen LogP contribution is 2.27. The molecule has 5 heteroatoms. The number of amides is 1. The number of likely N-dealkylation sites (N-methyl/N-ethyl adjacent to an activating group) is 1. The Morgan fingerprint density at radius 3 is 2.41 bits per heavy atom. The van der Waals surface area contributed by atoms with Crippen LogP contribution in [0.5, 0.6) is 11.5 Å². The molecule has 1 amide bonds. The molecule has 0 aliphatic heterocycles. The standard InChI is InChI=1S/C22H30N2O3/c1-17(19-8-6-5-7-9-19)23-22(25)13-15-24(2)14-12-18-10-11-20(26-3)21(16-18)27-4/h5-11,16-17H,12-15H2,1-4H3,(H,23,25)/p+1/t17-/m1/s1. The van der Waals surface area contributed by atoms with Gasteiger partial charge in [0.1, 0.15) is 0 Å². The van der Waals surface area contributed by atoms with Gasteiger partial charge in [0.25, 0.3) is 0 Å². The Morgan fingerprint density at radius 2 is 1.74 bits per heavy atom. The SMILES string of the molecule is COc1ccc(CC[NH+](C)CCC(=O)N[C@H](C)c2ccccc2)cc1OC. The van der Waals surface area contributed by atoms with Crippen molar-refractivity contribution >= 4 is 5.91 Å². The van der Waals surface area contributed by atoms with Crippen molar-refractivity contribution in [2.24, 2.45) is 0 Å². The molecule has 0 aliphatic carbocycles. The molecule has 0 saturated heterocycles. The fraction of sp³-hybridized carbons (Fsp3) is 0.409. The molecule has 2 rings (SSSR count). The van der Waals surface area contributed by atoms with Crippen molar-refractivity contribution in [3.63, 3.8) is 0 Å². The molecule has 0 radical (unpaired) electrons. The lowest BCUT2D eigenvalue weighted by molar-refractivity contribution is -0.878. The summed E-state index contributed by atoms with van der Waals surface area (Å²) in [6.07, 6.45) is 1.45. The fourth-order valence-electron chi connectivity index (χ4n) is 2.98. The van der Waals surface area contributed by atoms with Crippen molar-refractivity contribution in [1.82, 2.24) is 5.32 Å². The Kier molecular flexibility index (Phi) is 8.14. The number of quaternary nitrogens is 1. The molecule has 0 bridgehead atoms. The van der Waals surface area contributed by atoms with Gasteiger partial charge in [-0.3, -0.25) is 4.79 Å². The molecule has 146 valence electrons. The van der Waals surface area contributed by atoms with Crippen LogP contribution in [0.2, 0.25) is 0 Å². The Bertz CT molecular complexity index is 719. The zero-order valence-corrected chi connectivity index (χ0v) is 16.7. The quantitative estimate of drug-likeness (QED) is 0.672. The summed E-state index contributed by atoms with van der Waals surface area (Å²) in [5.74, 6) is 1.59. The number of ether oxygens (including phenoxy) is 2. The van der Waals surface area contributed by atoms with Gasteiger partial charge in [0.15, 0.2) is 11.5 Å². The predicted molar refractivity (Wildman–Crippen MR) is 107 cm³/mol. The van der Waals surface area contributed by atoms with E-state index in [1.165, 1.54) is 10.5 Å². The normalized spacial score (nSPS) is 12.9. The van der Waals surface area contributed by atoms with E-state index in [0.29, 0.717) is 6.42 Å².